The predicted molar refractivity (Wildman–Crippen MR) is 96.8 cm³/mol. The highest BCUT2D eigenvalue weighted by atomic mass is 35.5. The van der Waals surface area contributed by atoms with Gasteiger partial charge in [-0.15, -0.1) is 0 Å². The number of aryl methyl sites for hydroxylation is 1. The molecule has 0 atom stereocenters. The molecule has 0 aromatic heterocycles. The Labute approximate surface area is 148 Å². The summed E-state index contributed by atoms with van der Waals surface area (Å²) >= 11 is 6.07. The highest BCUT2D eigenvalue weighted by Gasteiger charge is 2.20. The van der Waals surface area contributed by atoms with Crippen LogP contribution >= 0.6 is 11.6 Å². The number of anilines is 1. The standard InChI is InChI=1S/C18H23ClN4O/c1-13-4-5-15(10-17(13)19)21-18(24)14(11-20)12-23(3)16-6-8-22(2)9-7-16/h4-5,10,12,16H,6-9H2,1-3H3,(H,21,24)/b14-12-. The van der Waals surface area contributed by atoms with Crippen LogP contribution < -0.4 is 5.32 Å². The number of nitrogens with one attached hydrogen (secondary N) is 1. The lowest BCUT2D eigenvalue weighted by Gasteiger charge is -2.34. The summed E-state index contributed by atoms with van der Waals surface area (Å²) in [6.45, 7) is 3.95. The van der Waals surface area contributed by atoms with Crippen molar-refractivity contribution >= 4 is 23.2 Å². The lowest BCUT2D eigenvalue weighted by Crippen LogP contribution is -2.40. The molecule has 128 valence electrons. The van der Waals surface area contributed by atoms with Crippen LogP contribution in [0.25, 0.3) is 0 Å². The predicted octanol–water partition coefficient (Wildman–Crippen LogP) is 3.02. The van der Waals surface area contributed by atoms with E-state index in [-0.39, 0.29) is 5.57 Å². The molecule has 0 unspecified atom stereocenters. The van der Waals surface area contributed by atoms with Crippen LogP contribution in [0.1, 0.15) is 18.4 Å². The molecule has 0 radical (unpaired) electrons. The fourth-order valence-corrected chi connectivity index (χ4v) is 2.90. The van der Waals surface area contributed by atoms with E-state index in [2.05, 4.69) is 17.3 Å². The molecule has 1 aliphatic rings. The number of likely N-dealkylation sites (tertiary alicyclic amines) is 1. The van der Waals surface area contributed by atoms with Gasteiger partial charge in [-0.1, -0.05) is 17.7 Å². The summed E-state index contributed by atoms with van der Waals surface area (Å²) < 4.78 is 0. The average molecular weight is 347 g/mol. The zero-order valence-electron chi connectivity index (χ0n) is 14.3. The monoisotopic (exact) mass is 346 g/mol. The van der Waals surface area contributed by atoms with Crippen molar-refractivity contribution in [3.8, 4) is 6.07 Å². The zero-order chi connectivity index (χ0) is 17.7. The number of hydrogen-bond acceptors (Lipinski definition) is 4. The Balaban J connectivity index is 2.04. The van der Waals surface area contributed by atoms with Gasteiger partial charge in [-0.3, -0.25) is 4.79 Å². The van der Waals surface area contributed by atoms with Crippen molar-refractivity contribution in [2.75, 3.05) is 32.5 Å². The Kier molecular flexibility index (Phi) is 6.24. The first-order valence-electron chi connectivity index (χ1n) is 8.00. The molecule has 24 heavy (non-hydrogen) atoms. The molecule has 0 aliphatic carbocycles. The molecule has 1 aliphatic heterocycles. The van der Waals surface area contributed by atoms with E-state index >= 15 is 0 Å². The van der Waals surface area contributed by atoms with E-state index in [0.29, 0.717) is 16.8 Å². The lowest BCUT2D eigenvalue weighted by atomic mass is 10.0. The maximum atomic E-state index is 12.3. The number of halogens is 1. The van der Waals surface area contributed by atoms with Crippen molar-refractivity contribution in [1.29, 1.82) is 5.26 Å². The maximum Gasteiger partial charge on any atom is 0.267 e. The number of hydrogen-bond donors (Lipinski definition) is 1. The maximum absolute atomic E-state index is 12.3. The molecule has 1 heterocycles. The van der Waals surface area contributed by atoms with E-state index in [1.165, 1.54) is 0 Å². The molecule has 2 rings (SSSR count). The highest BCUT2D eigenvalue weighted by molar-refractivity contribution is 6.31. The number of nitriles is 1. The molecule has 0 spiro atoms. The Bertz CT molecular complexity index is 672. The minimum Gasteiger partial charge on any atom is -0.376 e. The van der Waals surface area contributed by atoms with Crippen molar-refractivity contribution in [3.05, 3.63) is 40.6 Å². The van der Waals surface area contributed by atoms with Crippen LogP contribution in [0, 0.1) is 18.3 Å². The number of carbonyl (C=O) groups is 1. The molecule has 1 saturated heterocycles. The van der Waals surface area contributed by atoms with Crippen LogP contribution in [0.15, 0.2) is 30.0 Å². The second-order valence-corrected chi connectivity index (χ2v) is 6.68. The van der Waals surface area contributed by atoms with Crippen LogP contribution in [0.5, 0.6) is 0 Å². The van der Waals surface area contributed by atoms with Crippen LogP contribution in [0.3, 0.4) is 0 Å². The van der Waals surface area contributed by atoms with Crippen LogP contribution in [-0.2, 0) is 4.79 Å². The van der Waals surface area contributed by atoms with Gasteiger partial charge >= 0.3 is 0 Å². The summed E-state index contributed by atoms with van der Waals surface area (Å²) in [6, 6.07) is 7.63. The van der Waals surface area contributed by atoms with Gasteiger partial charge in [-0.05, 0) is 57.6 Å². The van der Waals surface area contributed by atoms with E-state index < -0.39 is 5.91 Å². The third-order valence-corrected chi connectivity index (χ3v) is 4.80. The molecular formula is C18H23ClN4O. The SMILES string of the molecule is Cc1ccc(NC(=O)/C(C#N)=C\N(C)C2CCN(C)CC2)cc1Cl. The van der Waals surface area contributed by atoms with Crippen LogP contribution in [0.2, 0.25) is 5.02 Å². The summed E-state index contributed by atoms with van der Waals surface area (Å²) in [6.07, 6.45) is 3.69. The van der Waals surface area contributed by atoms with Gasteiger partial charge in [-0.2, -0.15) is 5.26 Å². The molecule has 6 heteroatoms. The van der Waals surface area contributed by atoms with Gasteiger partial charge < -0.3 is 15.1 Å². The van der Waals surface area contributed by atoms with Crippen molar-refractivity contribution in [2.45, 2.75) is 25.8 Å². The van der Waals surface area contributed by atoms with Crippen molar-refractivity contribution in [3.63, 3.8) is 0 Å². The number of amides is 1. The number of carbonyl (C=O) groups excluding carboxylic acids is 1. The molecule has 5 nitrogen and oxygen atoms in total. The topological polar surface area (TPSA) is 59.4 Å². The Morgan fingerprint density at radius 2 is 2.12 bits per heavy atom. The van der Waals surface area contributed by atoms with Crippen molar-refractivity contribution < 1.29 is 4.79 Å². The average Bonchev–Trinajstić information content (AvgIpc) is 2.56. The smallest absolute Gasteiger partial charge is 0.267 e. The highest BCUT2D eigenvalue weighted by Crippen LogP contribution is 2.21. The first-order chi connectivity index (χ1) is 11.4. The lowest BCUT2D eigenvalue weighted by molar-refractivity contribution is -0.112. The number of piperidine rings is 1. The molecule has 1 aromatic rings. The van der Waals surface area contributed by atoms with Crippen molar-refractivity contribution in [2.24, 2.45) is 0 Å². The summed E-state index contributed by atoms with van der Waals surface area (Å²) in [5, 5.41) is 12.6. The largest absolute Gasteiger partial charge is 0.376 e. The van der Waals surface area contributed by atoms with Gasteiger partial charge in [0.15, 0.2) is 0 Å². The Morgan fingerprint density at radius 3 is 2.71 bits per heavy atom. The van der Waals surface area contributed by atoms with Gasteiger partial charge in [0.2, 0.25) is 0 Å². The number of rotatable bonds is 4. The fraction of sp³-hybridized carbons (Fsp3) is 0.444. The molecule has 0 saturated carbocycles. The zero-order valence-corrected chi connectivity index (χ0v) is 15.1. The van der Waals surface area contributed by atoms with Crippen LogP contribution in [-0.4, -0.2) is 48.9 Å². The van der Waals surface area contributed by atoms with E-state index in [1.54, 1.807) is 18.3 Å². The van der Waals surface area contributed by atoms with E-state index in [0.717, 1.165) is 31.5 Å². The molecule has 0 bridgehead atoms. The summed E-state index contributed by atoms with van der Waals surface area (Å²) in [5.74, 6) is -0.419. The first kappa shape index (κ1) is 18.3. The Hall–Kier alpha value is -2.03. The minimum atomic E-state index is -0.419. The minimum absolute atomic E-state index is 0.0909. The molecule has 1 N–H and O–H groups in total. The molecule has 1 amide bonds. The van der Waals surface area contributed by atoms with Gasteiger partial charge in [-0.25, -0.2) is 0 Å². The fourth-order valence-electron chi connectivity index (χ4n) is 2.72. The normalized spacial score (nSPS) is 16.5. The van der Waals surface area contributed by atoms with Gasteiger partial charge in [0.1, 0.15) is 11.6 Å². The van der Waals surface area contributed by atoms with Crippen molar-refractivity contribution in [1.82, 2.24) is 9.80 Å². The Morgan fingerprint density at radius 1 is 1.46 bits per heavy atom. The molecule has 1 aromatic carbocycles. The van der Waals surface area contributed by atoms with E-state index in [1.807, 2.05) is 31.0 Å². The summed E-state index contributed by atoms with van der Waals surface area (Å²) in [7, 11) is 4.02. The molecule has 1 fully saturated rings. The molecular weight excluding hydrogens is 324 g/mol. The summed E-state index contributed by atoms with van der Waals surface area (Å²) in [4.78, 5) is 16.6. The van der Waals surface area contributed by atoms with Gasteiger partial charge in [0.05, 0.1) is 0 Å². The van der Waals surface area contributed by atoms with E-state index in [4.69, 9.17) is 11.6 Å². The first-order valence-corrected chi connectivity index (χ1v) is 8.38. The van der Waals surface area contributed by atoms with Gasteiger partial charge in [0, 0.05) is 30.0 Å². The second-order valence-electron chi connectivity index (χ2n) is 6.27. The summed E-state index contributed by atoms with van der Waals surface area (Å²) in [5.41, 5.74) is 1.61. The van der Waals surface area contributed by atoms with Crippen LogP contribution in [0.4, 0.5) is 5.69 Å². The van der Waals surface area contributed by atoms with E-state index in [9.17, 15) is 10.1 Å². The number of benzene rings is 1. The quantitative estimate of drug-likeness (QED) is 0.672. The third-order valence-electron chi connectivity index (χ3n) is 4.39. The number of nitrogens with zero attached hydrogens (tertiary/aromatic N) is 3. The second kappa shape index (κ2) is 8.18. The van der Waals surface area contributed by atoms with Gasteiger partial charge in [0.25, 0.3) is 5.91 Å². The third kappa shape index (κ3) is 4.73.